The zero-order chi connectivity index (χ0) is 14.0. The minimum absolute atomic E-state index is 0.142. The van der Waals surface area contributed by atoms with Gasteiger partial charge in [0, 0.05) is 13.2 Å². The number of halogens is 1. The molecule has 0 unspecified atom stereocenters. The molecule has 0 atom stereocenters. The van der Waals surface area contributed by atoms with Crippen molar-refractivity contribution in [3.63, 3.8) is 0 Å². The predicted molar refractivity (Wildman–Crippen MR) is 76.3 cm³/mol. The van der Waals surface area contributed by atoms with E-state index < -0.39 is 0 Å². The number of terminal acetylenes is 1. The third kappa shape index (κ3) is 2.69. The topological polar surface area (TPSA) is 64.7 Å². The third-order valence-corrected chi connectivity index (χ3v) is 3.28. The molecule has 2 aromatic rings. The summed E-state index contributed by atoms with van der Waals surface area (Å²) < 4.78 is 3.30. The molecule has 0 aliphatic heterocycles. The van der Waals surface area contributed by atoms with E-state index in [2.05, 4.69) is 37.4 Å². The van der Waals surface area contributed by atoms with Gasteiger partial charge in [0.05, 0.1) is 23.3 Å². The van der Waals surface area contributed by atoms with E-state index in [9.17, 15) is 4.79 Å². The molecule has 0 spiro atoms. The summed E-state index contributed by atoms with van der Waals surface area (Å²) in [4.78, 5) is 12.0. The zero-order valence-electron chi connectivity index (χ0n) is 10.5. The summed E-state index contributed by atoms with van der Waals surface area (Å²) in [6.45, 7) is 2.02. The van der Waals surface area contributed by atoms with Gasteiger partial charge in [-0.05, 0) is 22.9 Å². The lowest BCUT2D eigenvalue weighted by Crippen LogP contribution is -2.23. The lowest BCUT2D eigenvalue weighted by molar-refractivity contribution is 0.660. The summed E-state index contributed by atoms with van der Waals surface area (Å²) in [5.74, 6) is 2.38. The molecule has 6 nitrogen and oxygen atoms in total. The molecule has 0 aliphatic rings. The van der Waals surface area contributed by atoms with E-state index >= 15 is 0 Å². The number of aromatic nitrogens is 4. The molecule has 0 radical (unpaired) electrons. The van der Waals surface area contributed by atoms with Crippen LogP contribution in [0.1, 0.15) is 5.69 Å². The molecule has 0 bridgehead atoms. The van der Waals surface area contributed by atoms with E-state index in [0.717, 1.165) is 11.4 Å². The molecule has 1 N–H and O–H groups in total. The summed E-state index contributed by atoms with van der Waals surface area (Å²) in [5, 5.41) is 11.3. The summed E-state index contributed by atoms with van der Waals surface area (Å²) in [6.07, 6.45) is 8.55. The van der Waals surface area contributed by atoms with Crippen LogP contribution in [0.25, 0.3) is 0 Å². The van der Waals surface area contributed by atoms with E-state index in [1.54, 1.807) is 10.9 Å². The van der Waals surface area contributed by atoms with Gasteiger partial charge in [-0.1, -0.05) is 5.92 Å². The normalized spacial score (nSPS) is 10.2. The Bertz CT molecular complexity index is 710. The average Bonchev–Trinajstić information content (AvgIpc) is 2.67. The molecule has 0 aromatic carbocycles. The summed E-state index contributed by atoms with van der Waals surface area (Å²) in [5.41, 5.74) is 1.96. The van der Waals surface area contributed by atoms with Crippen LogP contribution in [0, 0.1) is 19.3 Å². The molecule has 2 heterocycles. The number of anilines is 2. The number of aryl methyl sites for hydroxylation is 2. The lowest BCUT2D eigenvalue weighted by atomic mass is 10.3. The standard InChI is InChI=1S/C12H12BrN5O/c1-4-5-18-12(19)11(13)9(6-14-18)15-10-7-17(3)16-8(10)2/h1,6-7,15H,5H2,2-3H3. The van der Waals surface area contributed by atoms with Gasteiger partial charge in [0.25, 0.3) is 5.56 Å². The Morgan fingerprint density at radius 2 is 2.26 bits per heavy atom. The van der Waals surface area contributed by atoms with Crippen molar-refractivity contribution in [1.29, 1.82) is 0 Å². The second-order valence-corrected chi connectivity index (χ2v) is 4.76. The molecule has 0 amide bonds. The Balaban J connectivity index is 2.37. The van der Waals surface area contributed by atoms with Gasteiger partial charge in [-0.3, -0.25) is 9.48 Å². The first kappa shape index (κ1) is 13.4. The number of nitrogens with zero attached hydrogens (tertiary/aromatic N) is 4. The van der Waals surface area contributed by atoms with E-state index in [1.165, 1.54) is 4.68 Å². The minimum Gasteiger partial charge on any atom is -0.350 e. The highest BCUT2D eigenvalue weighted by molar-refractivity contribution is 9.10. The molecule has 0 saturated carbocycles. The Labute approximate surface area is 118 Å². The van der Waals surface area contributed by atoms with E-state index in [1.807, 2.05) is 20.2 Å². The fourth-order valence-electron chi connectivity index (χ4n) is 1.62. The molecule has 19 heavy (non-hydrogen) atoms. The Morgan fingerprint density at radius 1 is 1.53 bits per heavy atom. The van der Waals surface area contributed by atoms with Gasteiger partial charge in [0.2, 0.25) is 0 Å². The van der Waals surface area contributed by atoms with Crippen LogP contribution in [-0.2, 0) is 13.6 Å². The van der Waals surface area contributed by atoms with Gasteiger partial charge in [-0.25, -0.2) is 4.68 Å². The lowest BCUT2D eigenvalue weighted by Gasteiger charge is -2.08. The quantitative estimate of drug-likeness (QED) is 0.868. The molecule has 2 rings (SSSR count). The molecule has 0 fully saturated rings. The largest absolute Gasteiger partial charge is 0.350 e. The van der Waals surface area contributed by atoms with Gasteiger partial charge in [-0.15, -0.1) is 6.42 Å². The summed E-state index contributed by atoms with van der Waals surface area (Å²) >= 11 is 3.26. The van der Waals surface area contributed by atoms with Crippen LogP contribution < -0.4 is 10.9 Å². The maximum atomic E-state index is 12.0. The molecule has 0 saturated heterocycles. The molecular formula is C12H12BrN5O. The first-order valence-corrected chi connectivity index (χ1v) is 6.28. The van der Waals surface area contributed by atoms with Crippen molar-refractivity contribution in [3.05, 3.63) is 32.9 Å². The number of hydrogen-bond acceptors (Lipinski definition) is 4. The second kappa shape index (κ2) is 5.28. The molecule has 2 aromatic heterocycles. The van der Waals surface area contributed by atoms with Crippen molar-refractivity contribution < 1.29 is 0 Å². The summed E-state index contributed by atoms with van der Waals surface area (Å²) in [7, 11) is 1.83. The monoisotopic (exact) mass is 321 g/mol. The predicted octanol–water partition coefficient (Wildman–Crippen LogP) is 1.42. The van der Waals surface area contributed by atoms with E-state index in [0.29, 0.717) is 10.2 Å². The van der Waals surface area contributed by atoms with E-state index in [4.69, 9.17) is 6.42 Å². The SMILES string of the molecule is C#CCn1ncc(Nc2cn(C)nc2C)c(Br)c1=O. The maximum absolute atomic E-state index is 12.0. The highest BCUT2D eigenvalue weighted by Crippen LogP contribution is 2.23. The van der Waals surface area contributed by atoms with E-state index in [-0.39, 0.29) is 12.1 Å². The van der Waals surface area contributed by atoms with Gasteiger partial charge in [-0.2, -0.15) is 10.2 Å². The fraction of sp³-hybridized carbons (Fsp3) is 0.250. The fourth-order valence-corrected chi connectivity index (χ4v) is 2.02. The van der Waals surface area contributed by atoms with Crippen LogP contribution in [0.15, 0.2) is 21.7 Å². The first-order valence-electron chi connectivity index (χ1n) is 5.49. The van der Waals surface area contributed by atoms with Gasteiger partial charge >= 0.3 is 0 Å². The minimum atomic E-state index is -0.274. The number of rotatable bonds is 3. The highest BCUT2D eigenvalue weighted by atomic mass is 79.9. The molecule has 0 aliphatic carbocycles. The van der Waals surface area contributed by atoms with Crippen LogP contribution in [0.2, 0.25) is 0 Å². The highest BCUT2D eigenvalue weighted by Gasteiger charge is 2.10. The van der Waals surface area contributed by atoms with Crippen molar-refractivity contribution in [2.45, 2.75) is 13.5 Å². The van der Waals surface area contributed by atoms with Crippen LogP contribution in [0.5, 0.6) is 0 Å². The first-order chi connectivity index (χ1) is 9.02. The smallest absolute Gasteiger partial charge is 0.284 e. The van der Waals surface area contributed by atoms with Gasteiger partial charge in [0.15, 0.2) is 0 Å². The van der Waals surface area contributed by atoms with Crippen molar-refractivity contribution >= 4 is 27.3 Å². The van der Waals surface area contributed by atoms with Crippen LogP contribution >= 0.6 is 15.9 Å². The van der Waals surface area contributed by atoms with Crippen LogP contribution in [-0.4, -0.2) is 19.6 Å². The second-order valence-electron chi connectivity index (χ2n) is 3.97. The van der Waals surface area contributed by atoms with Gasteiger partial charge in [0.1, 0.15) is 11.0 Å². The van der Waals surface area contributed by atoms with Crippen molar-refractivity contribution in [2.75, 3.05) is 5.32 Å². The zero-order valence-corrected chi connectivity index (χ0v) is 12.1. The van der Waals surface area contributed by atoms with Crippen molar-refractivity contribution in [3.8, 4) is 12.3 Å². The Hall–Kier alpha value is -2.07. The average molecular weight is 322 g/mol. The molecular weight excluding hydrogens is 310 g/mol. The Morgan fingerprint density at radius 3 is 2.84 bits per heavy atom. The summed E-state index contributed by atoms with van der Waals surface area (Å²) in [6, 6.07) is 0. The number of hydrogen-bond donors (Lipinski definition) is 1. The van der Waals surface area contributed by atoms with Crippen molar-refractivity contribution in [2.24, 2.45) is 7.05 Å². The third-order valence-electron chi connectivity index (χ3n) is 2.51. The van der Waals surface area contributed by atoms with Crippen LogP contribution in [0.3, 0.4) is 0 Å². The molecule has 98 valence electrons. The molecule has 7 heteroatoms. The Kier molecular flexibility index (Phi) is 3.71. The maximum Gasteiger partial charge on any atom is 0.284 e. The van der Waals surface area contributed by atoms with Crippen LogP contribution in [0.4, 0.5) is 11.4 Å². The van der Waals surface area contributed by atoms with Gasteiger partial charge < -0.3 is 5.32 Å². The number of nitrogens with one attached hydrogen (secondary N) is 1. The van der Waals surface area contributed by atoms with Crippen molar-refractivity contribution in [1.82, 2.24) is 19.6 Å².